The van der Waals surface area contributed by atoms with Gasteiger partial charge in [0.15, 0.2) is 5.78 Å². The Balaban J connectivity index is -0.000000180. The van der Waals surface area contributed by atoms with Crippen LogP contribution in [0, 0.1) is 0 Å². The standard InChI is InChI=1S/C5H8O2.K.H2O/c1-4(6)3-5(2)7;;/h3,6H,1-2H3;;1H2/q;+1;/p-1. The third kappa shape index (κ3) is 17.7. The Morgan fingerprint density at radius 1 is 1.44 bits per heavy atom. The molecule has 0 radical (unpaired) electrons. The largest absolute Gasteiger partial charge is 1.00 e. The van der Waals surface area contributed by atoms with E-state index in [2.05, 4.69) is 0 Å². The molecule has 0 saturated heterocycles. The molecule has 9 heavy (non-hydrogen) atoms. The molecule has 0 aromatic heterocycles. The van der Waals surface area contributed by atoms with Gasteiger partial charge < -0.3 is 10.6 Å². The van der Waals surface area contributed by atoms with Gasteiger partial charge in [-0.1, -0.05) is 6.92 Å². The molecule has 0 unspecified atom stereocenters. The number of hydrogen-bond acceptors (Lipinski definition) is 2. The van der Waals surface area contributed by atoms with Crippen LogP contribution in [0.25, 0.3) is 0 Å². The fourth-order valence-corrected chi connectivity index (χ4v) is 0.286. The Morgan fingerprint density at radius 2 is 1.78 bits per heavy atom. The Labute approximate surface area is 96.9 Å². The Morgan fingerprint density at radius 3 is 1.78 bits per heavy atom. The number of carbonyl (C=O) groups is 1. The van der Waals surface area contributed by atoms with Gasteiger partial charge in [0.25, 0.3) is 0 Å². The smallest absolute Gasteiger partial charge is 0.876 e. The van der Waals surface area contributed by atoms with Crippen molar-refractivity contribution >= 4 is 5.78 Å². The summed E-state index contributed by atoms with van der Waals surface area (Å²) in [7, 11) is 0. The molecule has 0 heterocycles. The van der Waals surface area contributed by atoms with Crippen molar-refractivity contribution in [2.24, 2.45) is 0 Å². The van der Waals surface area contributed by atoms with Gasteiger partial charge in [0.2, 0.25) is 0 Å². The van der Waals surface area contributed by atoms with Crippen molar-refractivity contribution in [2.45, 2.75) is 13.8 Å². The maximum atomic E-state index is 9.98. The zero-order chi connectivity index (χ0) is 5.86. The minimum Gasteiger partial charge on any atom is -0.876 e. The summed E-state index contributed by atoms with van der Waals surface area (Å²) < 4.78 is 0. The number of rotatable bonds is 1. The predicted molar refractivity (Wildman–Crippen MR) is 28.1 cm³/mol. The van der Waals surface area contributed by atoms with Crippen LogP contribution >= 0.6 is 0 Å². The van der Waals surface area contributed by atoms with Crippen molar-refractivity contribution in [3.05, 3.63) is 11.8 Å². The van der Waals surface area contributed by atoms with Crippen LogP contribution in [0.2, 0.25) is 0 Å². The zero-order valence-electron chi connectivity index (χ0n) is 5.89. The molecule has 0 aromatic carbocycles. The molecule has 0 saturated carbocycles. The number of ketones is 1. The second-order valence-electron chi connectivity index (χ2n) is 1.37. The van der Waals surface area contributed by atoms with Crippen molar-refractivity contribution in [3.8, 4) is 0 Å². The van der Waals surface area contributed by atoms with Gasteiger partial charge in [0.1, 0.15) is 0 Å². The van der Waals surface area contributed by atoms with Crippen LogP contribution < -0.4 is 56.5 Å². The number of allylic oxidation sites excluding steroid dienone is 2. The molecule has 3 nitrogen and oxygen atoms in total. The molecule has 0 aliphatic rings. The van der Waals surface area contributed by atoms with Gasteiger partial charge in [0.05, 0.1) is 0 Å². The molecule has 4 heteroatoms. The summed E-state index contributed by atoms with van der Waals surface area (Å²) in [5.74, 6) is -0.375. The summed E-state index contributed by atoms with van der Waals surface area (Å²) in [5, 5.41) is 9.98. The van der Waals surface area contributed by atoms with Crippen LogP contribution in [0.4, 0.5) is 0 Å². The molecule has 2 N–H and O–H groups in total. The second kappa shape index (κ2) is 8.81. The molecule has 0 bridgehead atoms. The predicted octanol–water partition coefficient (Wildman–Crippen LogP) is -3.98. The fraction of sp³-hybridized carbons (Fsp3) is 0.400. The quantitative estimate of drug-likeness (QED) is 0.221. The van der Waals surface area contributed by atoms with E-state index < -0.39 is 0 Å². The molecular formula is C5H9KO3. The molecular weight excluding hydrogens is 147 g/mol. The van der Waals surface area contributed by atoms with Crippen LogP contribution in [0.1, 0.15) is 13.8 Å². The van der Waals surface area contributed by atoms with Gasteiger partial charge in [-0.2, -0.15) is 0 Å². The third-order valence-electron chi connectivity index (χ3n) is 0.407. The van der Waals surface area contributed by atoms with E-state index in [0.29, 0.717) is 0 Å². The summed E-state index contributed by atoms with van der Waals surface area (Å²) >= 11 is 0. The van der Waals surface area contributed by atoms with Crippen molar-refractivity contribution in [1.29, 1.82) is 0 Å². The van der Waals surface area contributed by atoms with E-state index in [4.69, 9.17) is 0 Å². The maximum Gasteiger partial charge on any atom is 1.00 e. The van der Waals surface area contributed by atoms with Crippen molar-refractivity contribution in [1.82, 2.24) is 0 Å². The normalized spacial score (nSPS) is 8.89. The summed E-state index contributed by atoms with van der Waals surface area (Å²) in [6.45, 7) is 2.70. The van der Waals surface area contributed by atoms with Gasteiger partial charge in [0, 0.05) is 0 Å². The van der Waals surface area contributed by atoms with Crippen LogP contribution in [-0.2, 0) is 4.79 Å². The number of hydrogen-bond donors (Lipinski definition) is 0. The maximum absolute atomic E-state index is 9.98. The first kappa shape index (κ1) is 16.4. The van der Waals surface area contributed by atoms with Crippen LogP contribution in [0.3, 0.4) is 0 Å². The van der Waals surface area contributed by atoms with Gasteiger partial charge in [-0.05, 0) is 13.0 Å². The first-order chi connectivity index (χ1) is 3.13. The molecule has 0 atom stereocenters. The van der Waals surface area contributed by atoms with Gasteiger partial charge in [-0.25, -0.2) is 0 Å². The van der Waals surface area contributed by atoms with E-state index in [1.807, 2.05) is 0 Å². The third-order valence-corrected chi connectivity index (χ3v) is 0.407. The molecule has 0 spiro atoms. The molecule has 0 amide bonds. The molecule has 48 valence electrons. The molecule has 0 aliphatic heterocycles. The van der Waals surface area contributed by atoms with Gasteiger partial charge in [-0.3, -0.25) is 4.79 Å². The molecule has 0 fully saturated rings. The van der Waals surface area contributed by atoms with E-state index in [1.165, 1.54) is 13.8 Å². The van der Waals surface area contributed by atoms with Crippen LogP contribution in [0.15, 0.2) is 11.8 Å². The topological polar surface area (TPSA) is 71.6 Å². The van der Waals surface area contributed by atoms with E-state index >= 15 is 0 Å². The monoisotopic (exact) mass is 156 g/mol. The van der Waals surface area contributed by atoms with Crippen molar-refractivity contribution in [2.75, 3.05) is 0 Å². The summed E-state index contributed by atoms with van der Waals surface area (Å²) in [4.78, 5) is 9.98. The summed E-state index contributed by atoms with van der Waals surface area (Å²) in [6, 6.07) is 0. The fourth-order valence-electron chi connectivity index (χ4n) is 0.286. The summed E-state index contributed by atoms with van der Waals surface area (Å²) in [6.07, 6.45) is 1.06. The average Bonchev–Trinajstić information content (AvgIpc) is 1.27. The Hall–Kier alpha value is 0.806. The molecule has 0 aromatic rings. The van der Waals surface area contributed by atoms with Gasteiger partial charge in [-0.15, -0.1) is 5.76 Å². The van der Waals surface area contributed by atoms with Gasteiger partial charge >= 0.3 is 51.4 Å². The minimum atomic E-state index is -0.187. The van der Waals surface area contributed by atoms with Crippen molar-refractivity contribution in [3.63, 3.8) is 0 Å². The minimum absolute atomic E-state index is 0. The first-order valence-electron chi connectivity index (χ1n) is 1.99. The summed E-state index contributed by atoms with van der Waals surface area (Å²) in [5.41, 5.74) is 0. The zero-order valence-corrected chi connectivity index (χ0v) is 9.02. The second-order valence-corrected chi connectivity index (χ2v) is 1.37. The van der Waals surface area contributed by atoms with E-state index in [0.717, 1.165) is 6.08 Å². The molecule has 0 aliphatic carbocycles. The molecule has 0 rings (SSSR count). The van der Waals surface area contributed by atoms with E-state index in [9.17, 15) is 9.90 Å². The first-order valence-corrected chi connectivity index (χ1v) is 1.99. The van der Waals surface area contributed by atoms with Crippen molar-refractivity contribution < 1.29 is 66.8 Å². The van der Waals surface area contributed by atoms with Crippen LogP contribution in [-0.4, -0.2) is 11.3 Å². The Kier molecular flexibility index (Phi) is 16.1. The Bertz CT molecular complexity index is 105. The van der Waals surface area contributed by atoms with Crippen LogP contribution in [0.5, 0.6) is 0 Å². The SMILES string of the molecule is CC(=O)C=C(C)[O-].O.[K+]. The average molecular weight is 156 g/mol. The number of carbonyl (C=O) groups excluding carboxylic acids is 1. The van der Waals surface area contributed by atoms with E-state index in [-0.39, 0.29) is 68.4 Å². The van der Waals surface area contributed by atoms with E-state index in [1.54, 1.807) is 0 Å².